The van der Waals surface area contributed by atoms with Gasteiger partial charge >= 0.3 is 0 Å². The molecule has 31 heavy (non-hydrogen) atoms. The summed E-state index contributed by atoms with van der Waals surface area (Å²) in [6.45, 7) is 6.51. The Labute approximate surface area is 180 Å². The van der Waals surface area contributed by atoms with Crippen LogP contribution in [0.25, 0.3) is 33.3 Å². The van der Waals surface area contributed by atoms with Gasteiger partial charge in [-0.15, -0.1) is 0 Å². The SMILES string of the molecule is CC(C)(C)C(=O)c1c[nH]c2ncc(-c3ccc4ccn(Cc5ccncc5)c4c3)nc12. The van der Waals surface area contributed by atoms with Gasteiger partial charge in [-0.1, -0.05) is 32.9 Å². The molecule has 0 amide bonds. The molecule has 6 nitrogen and oxygen atoms in total. The van der Waals surface area contributed by atoms with Gasteiger partial charge in [0.05, 0.1) is 17.5 Å². The van der Waals surface area contributed by atoms with E-state index in [0.717, 1.165) is 28.7 Å². The van der Waals surface area contributed by atoms with Crippen molar-refractivity contribution >= 4 is 27.9 Å². The monoisotopic (exact) mass is 409 g/mol. The number of nitrogens with zero attached hydrogens (tertiary/aromatic N) is 4. The number of benzene rings is 1. The third-order valence-electron chi connectivity index (χ3n) is 5.48. The van der Waals surface area contributed by atoms with Crippen molar-refractivity contribution in [3.05, 3.63) is 78.5 Å². The lowest BCUT2D eigenvalue weighted by atomic mass is 9.87. The molecule has 154 valence electrons. The summed E-state index contributed by atoms with van der Waals surface area (Å²) in [6.07, 6.45) is 9.18. The average molecular weight is 409 g/mol. The fourth-order valence-electron chi connectivity index (χ4n) is 3.77. The Bertz CT molecular complexity index is 1410. The third kappa shape index (κ3) is 3.50. The summed E-state index contributed by atoms with van der Waals surface area (Å²) in [6, 6.07) is 12.4. The highest BCUT2D eigenvalue weighted by Gasteiger charge is 2.26. The topological polar surface area (TPSA) is 76.5 Å². The summed E-state index contributed by atoms with van der Waals surface area (Å²) in [7, 11) is 0. The standard InChI is InChI=1S/C25H23N5O/c1-25(2,3)23(31)19-13-27-24-22(19)29-20(14-28-24)18-5-4-17-8-11-30(21(17)12-18)15-16-6-9-26-10-7-16/h4-14H,15H2,1-3H3,(H,27,28). The highest BCUT2D eigenvalue weighted by molar-refractivity contribution is 6.08. The van der Waals surface area contributed by atoms with Gasteiger partial charge < -0.3 is 9.55 Å². The molecule has 4 heterocycles. The largest absolute Gasteiger partial charge is 0.344 e. The summed E-state index contributed by atoms with van der Waals surface area (Å²) in [5, 5.41) is 1.16. The summed E-state index contributed by atoms with van der Waals surface area (Å²) >= 11 is 0. The first-order chi connectivity index (χ1) is 14.9. The first-order valence-corrected chi connectivity index (χ1v) is 10.3. The molecule has 5 aromatic rings. The molecule has 0 aliphatic heterocycles. The van der Waals surface area contributed by atoms with Crippen molar-refractivity contribution in [2.75, 3.05) is 0 Å². The molecule has 0 atom stereocenters. The zero-order valence-corrected chi connectivity index (χ0v) is 17.8. The highest BCUT2D eigenvalue weighted by Crippen LogP contribution is 2.28. The van der Waals surface area contributed by atoms with Crippen molar-refractivity contribution in [1.29, 1.82) is 0 Å². The molecule has 0 saturated heterocycles. The van der Waals surface area contributed by atoms with E-state index in [-0.39, 0.29) is 5.78 Å². The quantitative estimate of drug-likeness (QED) is 0.411. The number of aromatic amines is 1. The lowest BCUT2D eigenvalue weighted by molar-refractivity contribution is 0.0860. The second kappa shape index (κ2) is 7.16. The maximum Gasteiger partial charge on any atom is 0.171 e. The van der Waals surface area contributed by atoms with E-state index in [4.69, 9.17) is 4.98 Å². The number of carbonyl (C=O) groups is 1. The smallest absolute Gasteiger partial charge is 0.171 e. The number of hydrogen-bond acceptors (Lipinski definition) is 4. The highest BCUT2D eigenvalue weighted by atomic mass is 16.1. The normalized spacial score (nSPS) is 12.0. The van der Waals surface area contributed by atoms with E-state index >= 15 is 0 Å². The number of nitrogens with one attached hydrogen (secondary N) is 1. The number of carbonyl (C=O) groups excluding carboxylic acids is 1. The van der Waals surface area contributed by atoms with Crippen molar-refractivity contribution < 1.29 is 4.79 Å². The molecule has 0 saturated carbocycles. The molecular weight excluding hydrogens is 386 g/mol. The van der Waals surface area contributed by atoms with Crippen LogP contribution in [-0.4, -0.2) is 30.3 Å². The first kappa shape index (κ1) is 19.2. The maximum absolute atomic E-state index is 12.9. The van der Waals surface area contributed by atoms with Gasteiger partial charge in [0.25, 0.3) is 0 Å². The van der Waals surface area contributed by atoms with Crippen LogP contribution in [0.3, 0.4) is 0 Å². The van der Waals surface area contributed by atoms with E-state index in [1.807, 2.05) is 51.4 Å². The van der Waals surface area contributed by atoms with Crippen molar-refractivity contribution in [2.45, 2.75) is 27.3 Å². The Kier molecular flexibility index (Phi) is 4.43. The van der Waals surface area contributed by atoms with Crippen LogP contribution < -0.4 is 0 Å². The van der Waals surface area contributed by atoms with Gasteiger partial charge in [0.2, 0.25) is 0 Å². The minimum Gasteiger partial charge on any atom is -0.344 e. The summed E-state index contributed by atoms with van der Waals surface area (Å²) < 4.78 is 2.21. The van der Waals surface area contributed by atoms with Crippen LogP contribution >= 0.6 is 0 Å². The second-order valence-electron chi connectivity index (χ2n) is 8.81. The lowest BCUT2D eigenvalue weighted by Crippen LogP contribution is -2.20. The van der Waals surface area contributed by atoms with Crippen LogP contribution in [0.2, 0.25) is 0 Å². The molecule has 0 aliphatic carbocycles. The minimum absolute atomic E-state index is 0.0480. The zero-order valence-electron chi connectivity index (χ0n) is 17.8. The van der Waals surface area contributed by atoms with Crippen LogP contribution in [0.5, 0.6) is 0 Å². The molecule has 1 N–H and O–H groups in total. The molecule has 0 fully saturated rings. The van der Waals surface area contributed by atoms with Gasteiger partial charge in [-0.25, -0.2) is 9.97 Å². The van der Waals surface area contributed by atoms with Gasteiger partial charge in [0.15, 0.2) is 11.4 Å². The number of Topliss-reactive ketones (excluding diaryl/α,β-unsaturated/α-hetero) is 1. The summed E-state index contributed by atoms with van der Waals surface area (Å²) in [4.78, 5) is 29.4. The van der Waals surface area contributed by atoms with Crippen molar-refractivity contribution in [3.8, 4) is 11.3 Å². The van der Waals surface area contributed by atoms with E-state index in [0.29, 0.717) is 16.7 Å². The van der Waals surface area contributed by atoms with Gasteiger partial charge in [-0.2, -0.15) is 0 Å². The van der Waals surface area contributed by atoms with E-state index in [1.54, 1.807) is 12.4 Å². The Hall–Kier alpha value is -3.80. The Balaban J connectivity index is 1.57. The molecule has 5 rings (SSSR count). The van der Waals surface area contributed by atoms with E-state index in [9.17, 15) is 4.79 Å². The fraction of sp³-hybridized carbons (Fsp3) is 0.200. The Morgan fingerprint density at radius 3 is 2.68 bits per heavy atom. The van der Waals surface area contributed by atoms with Gasteiger partial charge in [-0.05, 0) is 35.2 Å². The predicted octanol–water partition coefficient (Wildman–Crippen LogP) is 5.25. The number of rotatable bonds is 4. The zero-order chi connectivity index (χ0) is 21.6. The molecule has 0 aliphatic rings. The number of aromatic nitrogens is 5. The van der Waals surface area contributed by atoms with Crippen LogP contribution in [0.1, 0.15) is 36.7 Å². The minimum atomic E-state index is -0.487. The van der Waals surface area contributed by atoms with Gasteiger partial charge in [0.1, 0.15) is 5.52 Å². The average Bonchev–Trinajstić information content (AvgIpc) is 3.36. The van der Waals surface area contributed by atoms with Crippen LogP contribution in [0, 0.1) is 5.41 Å². The van der Waals surface area contributed by atoms with Crippen molar-refractivity contribution in [3.63, 3.8) is 0 Å². The maximum atomic E-state index is 12.9. The molecular formula is C25H23N5O. The van der Waals surface area contributed by atoms with E-state index in [2.05, 4.69) is 43.9 Å². The number of pyridine rings is 1. The van der Waals surface area contributed by atoms with Crippen LogP contribution in [0.15, 0.2) is 67.4 Å². The molecule has 0 unspecified atom stereocenters. The molecule has 0 bridgehead atoms. The third-order valence-corrected chi connectivity index (χ3v) is 5.48. The molecule has 6 heteroatoms. The first-order valence-electron chi connectivity index (χ1n) is 10.3. The molecule has 0 spiro atoms. The molecule has 1 aromatic carbocycles. The Morgan fingerprint density at radius 2 is 1.90 bits per heavy atom. The lowest BCUT2D eigenvalue weighted by Gasteiger charge is -2.15. The Morgan fingerprint density at radius 1 is 1.10 bits per heavy atom. The summed E-state index contributed by atoms with van der Waals surface area (Å²) in [5.41, 5.74) is 5.36. The van der Waals surface area contributed by atoms with Crippen molar-refractivity contribution in [1.82, 2.24) is 24.5 Å². The number of H-pyrrole nitrogens is 1. The van der Waals surface area contributed by atoms with Crippen LogP contribution in [-0.2, 0) is 6.54 Å². The number of fused-ring (bicyclic) bond motifs is 2. The van der Waals surface area contributed by atoms with E-state index in [1.165, 1.54) is 5.56 Å². The van der Waals surface area contributed by atoms with E-state index < -0.39 is 5.41 Å². The molecule has 0 radical (unpaired) electrons. The second-order valence-corrected chi connectivity index (χ2v) is 8.81. The van der Waals surface area contributed by atoms with Crippen molar-refractivity contribution in [2.24, 2.45) is 5.41 Å². The van der Waals surface area contributed by atoms with Gasteiger partial charge in [-0.3, -0.25) is 9.78 Å². The molecule has 4 aromatic heterocycles. The summed E-state index contributed by atoms with van der Waals surface area (Å²) in [5.74, 6) is 0.0480. The number of hydrogen-bond donors (Lipinski definition) is 1. The fourth-order valence-corrected chi connectivity index (χ4v) is 3.77. The van der Waals surface area contributed by atoms with Gasteiger partial charge in [0, 0.05) is 47.8 Å². The van der Waals surface area contributed by atoms with Crippen LogP contribution in [0.4, 0.5) is 0 Å². The number of ketones is 1. The predicted molar refractivity (Wildman–Crippen MR) is 122 cm³/mol.